The van der Waals surface area contributed by atoms with Gasteiger partial charge in [0.15, 0.2) is 0 Å². The first-order valence-electron chi connectivity index (χ1n) is 14.2. The third-order valence-electron chi connectivity index (χ3n) is 10.4. The van der Waals surface area contributed by atoms with Crippen molar-refractivity contribution in [3.63, 3.8) is 0 Å². The first-order chi connectivity index (χ1) is 17.5. The van der Waals surface area contributed by atoms with E-state index in [1.807, 2.05) is 26.8 Å². The van der Waals surface area contributed by atoms with Gasteiger partial charge >= 0.3 is 11.9 Å². The molecule has 1 aromatic carbocycles. The molecule has 0 heterocycles. The first-order valence-corrected chi connectivity index (χ1v) is 14.2. The number of rotatable bonds is 4. The van der Waals surface area contributed by atoms with Gasteiger partial charge in [-0.15, -0.1) is 0 Å². The van der Waals surface area contributed by atoms with Crippen LogP contribution in [0.3, 0.4) is 0 Å². The lowest BCUT2D eigenvalue weighted by Crippen LogP contribution is -2.51. The van der Waals surface area contributed by atoms with E-state index in [1.54, 1.807) is 0 Å². The number of fused-ring (bicyclic) bond motifs is 5. The summed E-state index contributed by atoms with van der Waals surface area (Å²) in [5.74, 6) is 1.62. The Labute approximate surface area is 222 Å². The van der Waals surface area contributed by atoms with Crippen LogP contribution in [0.15, 0.2) is 53.6 Å². The standard InChI is InChI=1S/C33H44O4/c1-31(2,3)37-30(35)28-15-14-26-24-13-12-23-19-25(29(34)36-6)22(18-21-10-8-7-9-11-21)20-33(23,5)27(24)16-17-32(26,28)4/h7-12,19,22,24,26-28H,13-18,20H2,1-6H3/t22-,24+,26+,27+,28-,32+,33+/m1/s1. The van der Waals surface area contributed by atoms with Crippen molar-refractivity contribution in [1.82, 2.24) is 0 Å². The Morgan fingerprint density at radius 2 is 1.76 bits per heavy atom. The zero-order valence-corrected chi connectivity index (χ0v) is 23.5. The van der Waals surface area contributed by atoms with Crippen LogP contribution in [0.1, 0.15) is 78.7 Å². The molecular formula is C33H44O4. The van der Waals surface area contributed by atoms with Crippen LogP contribution in [0.2, 0.25) is 0 Å². The molecule has 4 aliphatic carbocycles. The predicted octanol–water partition coefficient (Wildman–Crippen LogP) is 7.09. The average Bonchev–Trinajstić information content (AvgIpc) is 3.20. The summed E-state index contributed by atoms with van der Waals surface area (Å²) in [6.07, 6.45) is 11.7. The molecule has 4 nitrogen and oxygen atoms in total. The van der Waals surface area contributed by atoms with Crippen molar-refractivity contribution in [2.75, 3.05) is 7.11 Å². The number of carbonyl (C=O) groups is 2. The number of hydrogen-bond donors (Lipinski definition) is 0. The quantitative estimate of drug-likeness (QED) is 0.411. The lowest BCUT2D eigenvalue weighted by Gasteiger charge is -2.57. The van der Waals surface area contributed by atoms with Crippen molar-refractivity contribution in [1.29, 1.82) is 0 Å². The topological polar surface area (TPSA) is 52.6 Å². The molecule has 0 spiro atoms. The second kappa shape index (κ2) is 9.43. The van der Waals surface area contributed by atoms with Crippen LogP contribution in [-0.4, -0.2) is 24.6 Å². The zero-order valence-electron chi connectivity index (χ0n) is 23.5. The predicted molar refractivity (Wildman–Crippen MR) is 146 cm³/mol. The average molecular weight is 505 g/mol. The highest BCUT2D eigenvalue weighted by Crippen LogP contribution is 2.66. The van der Waals surface area contributed by atoms with Gasteiger partial charge in [0.1, 0.15) is 5.60 Å². The summed E-state index contributed by atoms with van der Waals surface area (Å²) in [5, 5.41) is 0. The fourth-order valence-corrected chi connectivity index (χ4v) is 8.70. The summed E-state index contributed by atoms with van der Waals surface area (Å²) in [6.45, 7) is 10.7. The second-order valence-corrected chi connectivity index (χ2v) is 13.6. The van der Waals surface area contributed by atoms with Crippen molar-refractivity contribution in [2.24, 2.45) is 40.4 Å². The van der Waals surface area contributed by atoms with Gasteiger partial charge in [-0.2, -0.15) is 0 Å². The van der Waals surface area contributed by atoms with Gasteiger partial charge < -0.3 is 9.47 Å². The summed E-state index contributed by atoms with van der Waals surface area (Å²) in [4.78, 5) is 26.1. The first kappa shape index (κ1) is 26.3. The largest absolute Gasteiger partial charge is 0.466 e. The maximum absolute atomic E-state index is 13.2. The van der Waals surface area contributed by atoms with Gasteiger partial charge in [-0.05, 0) is 117 Å². The van der Waals surface area contributed by atoms with E-state index in [9.17, 15) is 9.59 Å². The smallest absolute Gasteiger partial charge is 0.334 e. The summed E-state index contributed by atoms with van der Waals surface area (Å²) in [5.41, 5.74) is 3.00. The third kappa shape index (κ3) is 4.59. The van der Waals surface area contributed by atoms with Gasteiger partial charge in [-0.1, -0.05) is 50.3 Å². The van der Waals surface area contributed by atoms with Gasteiger partial charge in [-0.3, -0.25) is 4.79 Å². The molecule has 2 fully saturated rings. The number of ether oxygens (including phenoxy) is 2. The minimum absolute atomic E-state index is 0.000414. The lowest BCUT2D eigenvalue weighted by molar-refractivity contribution is -0.166. The highest BCUT2D eigenvalue weighted by Gasteiger charge is 2.60. The molecule has 0 N–H and O–H groups in total. The maximum Gasteiger partial charge on any atom is 0.334 e. The van der Waals surface area contributed by atoms with Crippen LogP contribution in [0.5, 0.6) is 0 Å². The highest BCUT2D eigenvalue weighted by atomic mass is 16.6. The van der Waals surface area contributed by atoms with E-state index in [4.69, 9.17) is 9.47 Å². The minimum atomic E-state index is -0.446. The summed E-state index contributed by atoms with van der Waals surface area (Å²) in [7, 11) is 1.49. The van der Waals surface area contributed by atoms with E-state index in [-0.39, 0.29) is 34.6 Å². The van der Waals surface area contributed by atoms with Crippen molar-refractivity contribution < 1.29 is 19.1 Å². The van der Waals surface area contributed by atoms with E-state index in [2.05, 4.69) is 50.3 Å². The van der Waals surface area contributed by atoms with E-state index >= 15 is 0 Å². The highest BCUT2D eigenvalue weighted by molar-refractivity contribution is 5.90. The zero-order chi connectivity index (χ0) is 26.6. The van der Waals surface area contributed by atoms with E-state index in [0.29, 0.717) is 17.8 Å². The number of carbonyl (C=O) groups excluding carboxylic acids is 2. The van der Waals surface area contributed by atoms with Gasteiger partial charge in [0.2, 0.25) is 0 Å². The Morgan fingerprint density at radius 3 is 2.43 bits per heavy atom. The van der Waals surface area contributed by atoms with E-state index < -0.39 is 5.60 Å². The van der Waals surface area contributed by atoms with Crippen LogP contribution < -0.4 is 0 Å². The Morgan fingerprint density at radius 1 is 1.03 bits per heavy atom. The summed E-state index contributed by atoms with van der Waals surface area (Å²) < 4.78 is 11.1. The van der Waals surface area contributed by atoms with E-state index in [1.165, 1.54) is 18.2 Å². The minimum Gasteiger partial charge on any atom is -0.466 e. The van der Waals surface area contributed by atoms with E-state index in [0.717, 1.165) is 50.5 Å². The molecule has 0 aromatic heterocycles. The number of allylic oxidation sites excluding steroid dienone is 3. The second-order valence-electron chi connectivity index (χ2n) is 13.6. The Kier molecular flexibility index (Phi) is 6.69. The number of benzene rings is 1. The molecule has 1 aromatic rings. The molecule has 200 valence electrons. The van der Waals surface area contributed by atoms with Crippen LogP contribution in [0.4, 0.5) is 0 Å². The van der Waals surface area contributed by atoms with Crippen molar-refractivity contribution in [3.05, 3.63) is 59.2 Å². The van der Waals surface area contributed by atoms with Gasteiger partial charge in [0, 0.05) is 5.57 Å². The normalized spacial score (nSPS) is 36.9. The monoisotopic (exact) mass is 504 g/mol. The maximum atomic E-state index is 13.2. The molecule has 0 amide bonds. The molecular weight excluding hydrogens is 460 g/mol. The molecule has 37 heavy (non-hydrogen) atoms. The Balaban J connectivity index is 1.44. The molecule has 0 saturated heterocycles. The van der Waals surface area contributed by atoms with Gasteiger partial charge in [0.25, 0.3) is 0 Å². The fraction of sp³-hybridized carbons (Fsp3) is 0.636. The third-order valence-corrected chi connectivity index (χ3v) is 10.4. The molecule has 0 aliphatic heterocycles. The number of hydrogen-bond acceptors (Lipinski definition) is 4. The number of methoxy groups -OCH3 is 1. The summed E-state index contributed by atoms with van der Waals surface area (Å²) in [6, 6.07) is 10.5. The molecule has 0 radical (unpaired) electrons. The van der Waals surface area contributed by atoms with Crippen molar-refractivity contribution in [3.8, 4) is 0 Å². The Bertz CT molecular complexity index is 1110. The van der Waals surface area contributed by atoms with Crippen LogP contribution >= 0.6 is 0 Å². The SMILES string of the molecule is COC(=O)C1=CC2=CC[C@H]3[C@@H]4CC[C@H](C(=O)OC(C)(C)C)[C@@]4(C)CC[C@@H]3[C@@]2(C)C[C@H]1Cc1ccccc1. The molecule has 0 bridgehead atoms. The van der Waals surface area contributed by atoms with Crippen LogP contribution in [0, 0.1) is 40.4 Å². The Hall–Kier alpha value is -2.36. The van der Waals surface area contributed by atoms with Crippen LogP contribution in [-0.2, 0) is 25.5 Å². The van der Waals surface area contributed by atoms with Crippen molar-refractivity contribution in [2.45, 2.75) is 85.2 Å². The van der Waals surface area contributed by atoms with Gasteiger partial charge in [-0.25, -0.2) is 4.79 Å². The summed E-state index contributed by atoms with van der Waals surface area (Å²) >= 11 is 0. The fourth-order valence-electron chi connectivity index (χ4n) is 8.70. The van der Waals surface area contributed by atoms with Crippen molar-refractivity contribution >= 4 is 11.9 Å². The number of esters is 2. The lowest BCUT2D eigenvalue weighted by atomic mass is 9.47. The van der Waals surface area contributed by atoms with Crippen LogP contribution in [0.25, 0.3) is 0 Å². The molecule has 7 atom stereocenters. The van der Waals surface area contributed by atoms with Gasteiger partial charge in [0.05, 0.1) is 13.0 Å². The molecule has 5 rings (SSSR count). The molecule has 2 saturated carbocycles. The molecule has 4 heteroatoms. The molecule has 0 unspecified atom stereocenters. The molecule has 4 aliphatic rings.